The van der Waals surface area contributed by atoms with Crippen LogP contribution in [0.1, 0.15) is 17.2 Å². The molecule has 0 amide bonds. The molecule has 0 aliphatic carbocycles. The van der Waals surface area contributed by atoms with Crippen molar-refractivity contribution in [2.24, 2.45) is 7.05 Å². The molecule has 0 radical (unpaired) electrons. The van der Waals surface area contributed by atoms with Gasteiger partial charge >= 0.3 is 0 Å². The molecule has 0 aliphatic heterocycles. The van der Waals surface area contributed by atoms with Crippen molar-refractivity contribution >= 4 is 0 Å². The van der Waals surface area contributed by atoms with E-state index in [0.29, 0.717) is 0 Å². The third-order valence-corrected chi connectivity index (χ3v) is 2.30. The highest BCUT2D eigenvalue weighted by atomic mass is 15.3. The maximum atomic E-state index is 4.14. The van der Waals surface area contributed by atoms with Crippen molar-refractivity contribution in [1.29, 1.82) is 0 Å². The first-order valence-corrected chi connectivity index (χ1v) is 4.94. The van der Waals surface area contributed by atoms with Gasteiger partial charge in [-0.2, -0.15) is 5.10 Å². The number of aryl methyl sites for hydroxylation is 2. The lowest BCUT2D eigenvalue weighted by Crippen LogP contribution is -2.15. The zero-order valence-corrected chi connectivity index (χ0v) is 8.99. The molecule has 5 heteroatoms. The van der Waals surface area contributed by atoms with Crippen molar-refractivity contribution in [3.05, 3.63) is 35.7 Å². The van der Waals surface area contributed by atoms with Crippen LogP contribution in [0.2, 0.25) is 0 Å². The van der Waals surface area contributed by atoms with Gasteiger partial charge in [0.2, 0.25) is 0 Å². The number of hydrogen-bond acceptors (Lipinski definition) is 3. The summed E-state index contributed by atoms with van der Waals surface area (Å²) >= 11 is 0. The van der Waals surface area contributed by atoms with Crippen LogP contribution in [-0.2, 0) is 20.1 Å². The van der Waals surface area contributed by atoms with Gasteiger partial charge in [-0.1, -0.05) is 0 Å². The maximum Gasteiger partial charge on any atom is 0.103 e. The second-order valence-corrected chi connectivity index (χ2v) is 3.54. The zero-order chi connectivity index (χ0) is 10.7. The molecule has 15 heavy (non-hydrogen) atoms. The van der Waals surface area contributed by atoms with Crippen LogP contribution in [0.4, 0.5) is 0 Å². The molecule has 0 unspecified atom stereocenters. The third-order valence-electron chi connectivity index (χ3n) is 2.30. The van der Waals surface area contributed by atoms with Crippen LogP contribution in [0.15, 0.2) is 18.5 Å². The first-order chi connectivity index (χ1) is 7.25. The number of H-pyrrole nitrogens is 1. The molecule has 0 spiro atoms. The molecule has 2 heterocycles. The van der Waals surface area contributed by atoms with Crippen molar-refractivity contribution < 1.29 is 0 Å². The summed E-state index contributed by atoms with van der Waals surface area (Å²) in [6, 6.07) is 2.01. The maximum absolute atomic E-state index is 4.14. The summed E-state index contributed by atoms with van der Waals surface area (Å²) in [6.07, 6.45) is 3.66. The molecule has 5 nitrogen and oxygen atoms in total. The van der Waals surface area contributed by atoms with E-state index in [1.165, 1.54) is 5.69 Å². The van der Waals surface area contributed by atoms with Gasteiger partial charge < -0.3 is 10.3 Å². The molecule has 80 valence electrons. The minimum atomic E-state index is 0.798. The largest absolute Gasteiger partial charge is 0.345 e. The van der Waals surface area contributed by atoms with Gasteiger partial charge in [0.15, 0.2) is 0 Å². The van der Waals surface area contributed by atoms with E-state index >= 15 is 0 Å². The number of hydrogen-bond donors (Lipinski definition) is 2. The van der Waals surface area contributed by atoms with Crippen molar-refractivity contribution in [3.8, 4) is 0 Å². The lowest BCUT2D eigenvalue weighted by molar-refractivity contribution is 0.620. The standard InChI is InChI=1S/C10H15N5/c1-8-12-6-9(14-8)5-11-7-10-3-4-13-15(10)2/h3-4,6,11H,5,7H2,1-2H3,(H,12,14). The highest BCUT2D eigenvalue weighted by Crippen LogP contribution is 1.98. The van der Waals surface area contributed by atoms with Gasteiger partial charge in [0.25, 0.3) is 0 Å². The monoisotopic (exact) mass is 205 g/mol. The van der Waals surface area contributed by atoms with Crippen molar-refractivity contribution in [2.75, 3.05) is 0 Å². The lowest BCUT2D eigenvalue weighted by Gasteiger charge is -2.03. The number of rotatable bonds is 4. The normalized spacial score (nSPS) is 10.8. The highest BCUT2D eigenvalue weighted by Gasteiger charge is 1.99. The zero-order valence-electron chi connectivity index (χ0n) is 8.99. The van der Waals surface area contributed by atoms with Gasteiger partial charge in [-0.05, 0) is 13.0 Å². The van der Waals surface area contributed by atoms with E-state index in [1.807, 2.05) is 30.9 Å². The SMILES string of the molecule is Cc1ncc(CNCc2ccnn2C)[nH]1. The summed E-state index contributed by atoms with van der Waals surface area (Å²) in [5.41, 5.74) is 2.28. The van der Waals surface area contributed by atoms with Crippen LogP contribution in [-0.4, -0.2) is 19.7 Å². The van der Waals surface area contributed by atoms with Crippen LogP contribution < -0.4 is 5.32 Å². The van der Waals surface area contributed by atoms with Crippen LogP contribution in [0.5, 0.6) is 0 Å². The molecule has 0 saturated heterocycles. The van der Waals surface area contributed by atoms with Gasteiger partial charge in [0, 0.05) is 38.2 Å². The van der Waals surface area contributed by atoms with Crippen molar-refractivity contribution in [1.82, 2.24) is 25.1 Å². The molecule has 2 aromatic heterocycles. The minimum Gasteiger partial charge on any atom is -0.345 e. The summed E-state index contributed by atoms with van der Waals surface area (Å²) in [7, 11) is 1.94. The topological polar surface area (TPSA) is 58.5 Å². The number of aromatic amines is 1. The Balaban J connectivity index is 1.83. The fourth-order valence-corrected chi connectivity index (χ4v) is 1.46. The van der Waals surface area contributed by atoms with Crippen LogP contribution in [0.3, 0.4) is 0 Å². The fourth-order valence-electron chi connectivity index (χ4n) is 1.46. The Morgan fingerprint density at radius 1 is 1.47 bits per heavy atom. The van der Waals surface area contributed by atoms with E-state index in [9.17, 15) is 0 Å². The summed E-state index contributed by atoms with van der Waals surface area (Å²) in [4.78, 5) is 7.31. The van der Waals surface area contributed by atoms with E-state index in [0.717, 1.165) is 24.6 Å². The van der Waals surface area contributed by atoms with Gasteiger partial charge in [0.05, 0.1) is 5.69 Å². The Hall–Kier alpha value is -1.62. The van der Waals surface area contributed by atoms with E-state index in [4.69, 9.17) is 0 Å². The first-order valence-electron chi connectivity index (χ1n) is 4.94. The first kappa shape index (κ1) is 9.92. The van der Waals surface area contributed by atoms with Crippen LogP contribution >= 0.6 is 0 Å². The smallest absolute Gasteiger partial charge is 0.103 e. The Morgan fingerprint density at radius 3 is 2.93 bits per heavy atom. The molecule has 0 bridgehead atoms. The molecule has 0 atom stereocenters. The van der Waals surface area contributed by atoms with Crippen LogP contribution in [0, 0.1) is 6.92 Å². The quantitative estimate of drug-likeness (QED) is 0.774. The summed E-state index contributed by atoms with van der Waals surface area (Å²) < 4.78 is 1.87. The van der Waals surface area contributed by atoms with Gasteiger partial charge in [0.1, 0.15) is 5.82 Å². The lowest BCUT2D eigenvalue weighted by atomic mass is 10.4. The predicted molar refractivity (Wildman–Crippen MR) is 57.1 cm³/mol. The van der Waals surface area contributed by atoms with Crippen molar-refractivity contribution in [2.45, 2.75) is 20.0 Å². The number of imidazole rings is 1. The molecule has 2 N–H and O–H groups in total. The Bertz CT molecular complexity index is 428. The fraction of sp³-hybridized carbons (Fsp3) is 0.400. The van der Waals surface area contributed by atoms with Crippen molar-refractivity contribution in [3.63, 3.8) is 0 Å². The summed E-state index contributed by atoms with van der Waals surface area (Å²) in [6.45, 7) is 3.56. The van der Waals surface area contributed by atoms with E-state index in [2.05, 4.69) is 20.4 Å². The molecular formula is C10H15N5. The molecule has 0 saturated carbocycles. The Morgan fingerprint density at radius 2 is 2.33 bits per heavy atom. The third kappa shape index (κ3) is 2.44. The summed E-state index contributed by atoms with van der Waals surface area (Å²) in [5.74, 6) is 0.951. The Kier molecular flexibility index (Phi) is 2.82. The molecule has 0 fully saturated rings. The second kappa shape index (κ2) is 4.27. The van der Waals surface area contributed by atoms with Gasteiger partial charge in [-0.3, -0.25) is 4.68 Å². The highest BCUT2D eigenvalue weighted by molar-refractivity contribution is 5.02. The Labute approximate surface area is 88.5 Å². The van der Waals surface area contributed by atoms with E-state index in [1.54, 1.807) is 6.20 Å². The van der Waals surface area contributed by atoms with Crippen LogP contribution in [0.25, 0.3) is 0 Å². The number of nitrogens with zero attached hydrogens (tertiary/aromatic N) is 3. The minimum absolute atomic E-state index is 0.798. The predicted octanol–water partition coefficient (Wildman–Crippen LogP) is 0.741. The molecule has 2 rings (SSSR count). The van der Waals surface area contributed by atoms with Gasteiger partial charge in [-0.25, -0.2) is 4.98 Å². The molecule has 0 aliphatic rings. The average molecular weight is 205 g/mol. The molecular weight excluding hydrogens is 190 g/mol. The molecule has 2 aromatic rings. The second-order valence-electron chi connectivity index (χ2n) is 3.54. The summed E-state index contributed by atoms with van der Waals surface area (Å²) in [5, 5.41) is 7.43. The number of nitrogens with one attached hydrogen (secondary N) is 2. The van der Waals surface area contributed by atoms with Gasteiger partial charge in [-0.15, -0.1) is 0 Å². The average Bonchev–Trinajstić information content (AvgIpc) is 2.77. The molecule has 0 aromatic carbocycles. The van der Waals surface area contributed by atoms with E-state index < -0.39 is 0 Å². The number of aromatic nitrogens is 4. The van der Waals surface area contributed by atoms with E-state index in [-0.39, 0.29) is 0 Å².